The van der Waals surface area contributed by atoms with E-state index in [1.807, 2.05) is 20.3 Å². The lowest BCUT2D eigenvalue weighted by molar-refractivity contribution is 0.202. The average Bonchev–Trinajstić information content (AvgIpc) is 2.80. The number of amides is 2. The van der Waals surface area contributed by atoms with Gasteiger partial charge in [0.25, 0.3) is 0 Å². The van der Waals surface area contributed by atoms with Crippen LogP contribution in [0.2, 0.25) is 0 Å². The van der Waals surface area contributed by atoms with Crippen molar-refractivity contribution in [3.63, 3.8) is 0 Å². The first kappa shape index (κ1) is 16.5. The third kappa shape index (κ3) is 6.08. The highest BCUT2D eigenvalue weighted by atomic mass is 16.2. The maximum absolute atomic E-state index is 12.0. The van der Waals surface area contributed by atoms with E-state index in [1.165, 1.54) is 25.7 Å². The zero-order valence-electron chi connectivity index (χ0n) is 13.2. The number of aryl methyl sites for hydroxylation is 1. The Bertz CT molecular complexity index is 402. The summed E-state index contributed by atoms with van der Waals surface area (Å²) in [5.74, 6) is 0. The van der Waals surface area contributed by atoms with E-state index in [0.717, 1.165) is 12.0 Å². The Labute approximate surface area is 122 Å². The molecule has 1 heterocycles. The second-order valence-electron chi connectivity index (χ2n) is 5.58. The highest BCUT2D eigenvalue weighted by Gasteiger charge is 2.12. The van der Waals surface area contributed by atoms with Crippen LogP contribution in [-0.2, 0) is 13.6 Å². The zero-order chi connectivity index (χ0) is 15.0. The van der Waals surface area contributed by atoms with Crippen LogP contribution in [0.3, 0.4) is 0 Å². The molecule has 0 fully saturated rings. The van der Waals surface area contributed by atoms with Crippen LogP contribution in [0.1, 0.15) is 51.5 Å². The molecular formula is C15H28N4O. The van der Waals surface area contributed by atoms with Crippen LogP contribution in [-0.4, -0.2) is 33.8 Å². The molecule has 0 bridgehead atoms. The van der Waals surface area contributed by atoms with Gasteiger partial charge in [-0.3, -0.25) is 4.68 Å². The van der Waals surface area contributed by atoms with E-state index in [0.29, 0.717) is 6.54 Å². The average molecular weight is 280 g/mol. The van der Waals surface area contributed by atoms with Crippen LogP contribution >= 0.6 is 0 Å². The third-order valence-electron chi connectivity index (χ3n) is 3.39. The summed E-state index contributed by atoms with van der Waals surface area (Å²) in [5, 5.41) is 7.15. The summed E-state index contributed by atoms with van der Waals surface area (Å²) in [4.78, 5) is 13.7. The molecule has 1 unspecified atom stereocenters. The van der Waals surface area contributed by atoms with Crippen molar-refractivity contribution in [3.05, 3.63) is 18.0 Å². The number of nitrogens with zero attached hydrogens (tertiary/aromatic N) is 3. The molecule has 0 aliphatic carbocycles. The fraction of sp³-hybridized carbons (Fsp3) is 0.733. The summed E-state index contributed by atoms with van der Waals surface area (Å²) in [5.41, 5.74) is 1.04. The van der Waals surface area contributed by atoms with Crippen LogP contribution < -0.4 is 5.32 Å². The SMILES string of the molecule is CCCCCCC(C)NC(=O)N(C)Cc1cnn(C)c1. The van der Waals surface area contributed by atoms with Gasteiger partial charge in [-0.2, -0.15) is 5.10 Å². The van der Waals surface area contributed by atoms with Crippen molar-refractivity contribution in [1.82, 2.24) is 20.0 Å². The minimum absolute atomic E-state index is 0.0168. The van der Waals surface area contributed by atoms with Crippen LogP contribution in [0.15, 0.2) is 12.4 Å². The summed E-state index contributed by atoms with van der Waals surface area (Å²) in [6.45, 7) is 4.86. The van der Waals surface area contributed by atoms with Crippen molar-refractivity contribution in [2.45, 2.75) is 58.5 Å². The molecule has 0 aromatic carbocycles. The van der Waals surface area contributed by atoms with Crippen molar-refractivity contribution in [2.24, 2.45) is 7.05 Å². The topological polar surface area (TPSA) is 50.2 Å². The van der Waals surface area contributed by atoms with Crippen molar-refractivity contribution in [2.75, 3.05) is 7.05 Å². The summed E-state index contributed by atoms with van der Waals surface area (Å²) in [6, 6.07) is 0.215. The largest absolute Gasteiger partial charge is 0.336 e. The van der Waals surface area contributed by atoms with Gasteiger partial charge in [0.05, 0.1) is 12.7 Å². The van der Waals surface area contributed by atoms with Gasteiger partial charge in [-0.05, 0) is 13.3 Å². The number of aromatic nitrogens is 2. The lowest BCUT2D eigenvalue weighted by Gasteiger charge is -2.21. The van der Waals surface area contributed by atoms with E-state index >= 15 is 0 Å². The van der Waals surface area contributed by atoms with Crippen molar-refractivity contribution in [1.29, 1.82) is 0 Å². The minimum atomic E-state index is -0.0168. The zero-order valence-corrected chi connectivity index (χ0v) is 13.2. The van der Waals surface area contributed by atoms with E-state index < -0.39 is 0 Å². The molecule has 5 heteroatoms. The predicted octanol–water partition coefficient (Wildman–Crippen LogP) is 2.92. The highest BCUT2D eigenvalue weighted by molar-refractivity contribution is 5.74. The molecule has 20 heavy (non-hydrogen) atoms. The number of rotatable bonds is 8. The highest BCUT2D eigenvalue weighted by Crippen LogP contribution is 2.06. The van der Waals surface area contributed by atoms with Crippen molar-refractivity contribution < 1.29 is 4.79 Å². The predicted molar refractivity (Wildman–Crippen MR) is 81.4 cm³/mol. The molecule has 0 saturated heterocycles. The number of carbonyl (C=O) groups is 1. The molecule has 0 aliphatic heterocycles. The number of carbonyl (C=O) groups excluding carboxylic acids is 1. The molecule has 0 radical (unpaired) electrons. The van der Waals surface area contributed by atoms with E-state index in [-0.39, 0.29) is 12.1 Å². The Balaban J connectivity index is 2.26. The molecule has 0 aliphatic rings. The summed E-state index contributed by atoms with van der Waals surface area (Å²) in [7, 11) is 3.69. The lowest BCUT2D eigenvalue weighted by Crippen LogP contribution is -2.41. The normalized spacial score (nSPS) is 12.2. The molecule has 1 aromatic heterocycles. The number of hydrogen-bond acceptors (Lipinski definition) is 2. The van der Waals surface area contributed by atoms with Gasteiger partial charge in [-0.25, -0.2) is 4.79 Å². The van der Waals surface area contributed by atoms with Gasteiger partial charge in [-0.15, -0.1) is 0 Å². The number of unbranched alkanes of at least 4 members (excludes halogenated alkanes) is 3. The summed E-state index contributed by atoms with van der Waals surface area (Å²) in [6.07, 6.45) is 9.72. The summed E-state index contributed by atoms with van der Waals surface area (Å²) >= 11 is 0. The number of urea groups is 1. The van der Waals surface area contributed by atoms with Gasteiger partial charge in [-0.1, -0.05) is 32.6 Å². The van der Waals surface area contributed by atoms with E-state index in [9.17, 15) is 4.79 Å². The number of nitrogens with one attached hydrogen (secondary N) is 1. The van der Waals surface area contributed by atoms with Crippen molar-refractivity contribution in [3.8, 4) is 0 Å². The second-order valence-corrected chi connectivity index (χ2v) is 5.58. The van der Waals surface area contributed by atoms with Gasteiger partial charge in [0, 0.05) is 31.9 Å². The molecule has 2 amide bonds. The van der Waals surface area contributed by atoms with Crippen LogP contribution in [0.25, 0.3) is 0 Å². The van der Waals surface area contributed by atoms with Gasteiger partial charge in [0.2, 0.25) is 0 Å². The van der Waals surface area contributed by atoms with E-state index in [1.54, 1.807) is 15.8 Å². The smallest absolute Gasteiger partial charge is 0.317 e. The molecule has 1 atom stereocenters. The van der Waals surface area contributed by atoms with Crippen LogP contribution in [0.4, 0.5) is 4.79 Å². The van der Waals surface area contributed by atoms with Crippen molar-refractivity contribution >= 4 is 6.03 Å². The quantitative estimate of drug-likeness (QED) is 0.744. The van der Waals surface area contributed by atoms with Gasteiger partial charge in [0.15, 0.2) is 0 Å². The van der Waals surface area contributed by atoms with Crippen LogP contribution in [0.5, 0.6) is 0 Å². The Hall–Kier alpha value is -1.52. The standard InChI is InChI=1S/C15H28N4O/c1-5-6-7-8-9-13(2)17-15(20)18(3)11-14-10-16-19(4)12-14/h10,12-13H,5-9,11H2,1-4H3,(H,17,20). The third-order valence-corrected chi connectivity index (χ3v) is 3.39. The first-order valence-electron chi connectivity index (χ1n) is 7.52. The Kier molecular flexibility index (Phi) is 7.12. The fourth-order valence-electron chi connectivity index (χ4n) is 2.17. The van der Waals surface area contributed by atoms with Gasteiger partial charge >= 0.3 is 6.03 Å². The number of hydrogen-bond donors (Lipinski definition) is 1. The fourth-order valence-corrected chi connectivity index (χ4v) is 2.17. The Morgan fingerprint density at radius 2 is 2.20 bits per heavy atom. The molecule has 0 spiro atoms. The van der Waals surface area contributed by atoms with E-state index in [4.69, 9.17) is 0 Å². The van der Waals surface area contributed by atoms with Gasteiger partial charge in [0.1, 0.15) is 0 Å². The molecule has 0 saturated carbocycles. The Morgan fingerprint density at radius 1 is 1.45 bits per heavy atom. The maximum Gasteiger partial charge on any atom is 0.317 e. The van der Waals surface area contributed by atoms with E-state index in [2.05, 4.69) is 24.3 Å². The minimum Gasteiger partial charge on any atom is -0.336 e. The monoisotopic (exact) mass is 280 g/mol. The molecule has 1 rings (SSSR count). The Morgan fingerprint density at radius 3 is 2.80 bits per heavy atom. The second kappa shape index (κ2) is 8.61. The van der Waals surface area contributed by atoms with Crippen LogP contribution in [0, 0.1) is 0 Å². The lowest BCUT2D eigenvalue weighted by atomic mass is 10.1. The van der Waals surface area contributed by atoms with Gasteiger partial charge < -0.3 is 10.2 Å². The molecule has 114 valence electrons. The molecule has 1 N–H and O–H groups in total. The maximum atomic E-state index is 12.0. The molecule has 5 nitrogen and oxygen atoms in total. The molecular weight excluding hydrogens is 252 g/mol. The first-order valence-corrected chi connectivity index (χ1v) is 7.52. The summed E-state index contributed by atoms with van der Waals surface area (Å²) < 4.78 is 1.75. The first-order chi connectivity index (χ1) is 9.52. The molecule has 1 aromatic rings.